The summed E-state index contributed by atoms with van der Waals surface area (Å²) in [6, 6.07) is 6.77. The lowest BCUT2D eigenvalue weighted by Gasteiger charge is -2.17. The number of rotatable bonds is 5. The van der Waals surface area contributed by atoms with Gasteiger partial charge >= 0.3 is 0 Å². The van der Waals surface area contributed by atoms with Crippen LogP contribution in [0, 0.1) is 0 Å². The first-order chi connectivity index (χ1) is 11.0. The Hall–Kier alpha value is -2.49. The first kappa shape index (κ1) is 15.4. The van der Waals surface area contributed by atoms with E-state index in [9.17, 15) is 13.2 Å². The largest absolute Gasteiger partial charge is 0.326 e. The molecular weight excluding hydrogens is 320 g/mol. The van der Waals surface area contributed by atoms with E-state index in [4.69, 9.17) is 0 Å². The van der Waals surface area contributed by atoms with Crippen molar-refractivity contribution in [1.29, 1.82) is 0 Å². The highest BCUT2D eigenvalue weighted by molar-refractivity contribution is 7.93. The predicted molar refractivity (Wildman–Crippen MR) is 83.3 cm³/mol. The summed E-state index contributed by atoms with van der Waals surface area (Å²) in [6.07, 6.45) is 2.32. The van der Waals surface area contributed by atoms with Gasteiger partial charge in [-0.05, 0) is 41.1 Å². The van der Waals surface area contributed by atoms with Crippen LogP contribution in [-0.2, 0) is 21.4 Å². The number of nitrogens with zero attached hydrogens (tertiary/aromatic N) is 5. The van der Waals surface area contributed by atoms with Crippen LogP contribution in [0.25, 0.3) is 0 Å². The molecule has 9 nitrogen and oxygen atoms in total. The van der Waals surface area contributed by atoms with Gasteiger partial charge in [0.15, 0.2) is 0 Å². The molecule has 0 spiro atoms. The van der Waals surface area contributed by atoms with E-state index in [0.717, 1.165) is 0 Å². The Morgan fingerprint density at radius 2 is 2.04 bits per heavy atom. The number of sulfonamides is 1. The molecular formula is C13H16N6O3S. The fraction of sp³-hybridized carbons (Fsp3) is 0.385. The minimum Gasteiger partial charge on any atom is -0.326 e. The third-order valence-electron chi connectivity index (χ3n) is 3.50. The van der Waals surface area contributed by atoms with Crippen molar-refractivity contribution in [2.24, 2.45) is 0 Å². The first-order valence-electron chi connectivity index (χ1n) is 7.16. The number of benzene rings is 1. The second kappa shape index (κ2) is 6.32. The number of hydrogen-bond acceptors (Lipinski definition) is 6. The highest BCUT2D eigenvalue weighted by Crippen LogP contribution is 2.25. The minimum atomic E-state index is -3.19. The zero-order valence-corrected chi connectivity index (χ0v) is 13.1. The fourth-order valence-electron chi connectivity index (χ4n) is 2.36. The molecule has 0 aliphatic carbocycles. The number of amides is 1. The molecule has 0 saturated carbocycles. The SMILES string of the molecule is O=C(CCn1cnnn1)Nc1ccc(N2CCCS2(=O)=O)cc1. The Morgan fingerprint density at radius 3 is 2.65 bits per heavy atom. The maximum atomic E-state index is 11.9. The van der Waals surface area contributed by atoms with Crippen LogP contribution >= 0.6 is 0 Å². The third-order valence-corrected chi connectivity index (χ3v) is 5.37. The molecule has 10 heteroatoms. The van der Waals surface area contributed by atoms with Crippen molar-refractivity contribution < 1.29 is 13.2 Å². The van der Waals surface area contributed by atoms with Crippen molar-refractivity contribution in [2.75, 3.05) is 21.9 Å². The Balaban J connectivity index is 1.58. The summed E-state index contributed by atoms with van der Waals surface area (Å²) in [5, 5.41) is 13.4. The van der Waals surface area contributed by atoms with Crippen LogP contribution < -0.4 is 9.62 Å². The predicted octanol–water partition coefficient (Wildman–Crippen LogP) is 0.242. The van der Waals surface area contributed by atoms with E-state index in [2.05, 4.69) is 20.8 Å². The average Bonchev–Trinajstić information content (AvgIpc) is 3.15. The van der Waals surface area contributed by atoms with Crippen molar-refractivity contribution in [3.63, 3.8) is 0 Å². The standard InChI is InChI=1S/C13H16N6O3S/c20-13(6-8-18-10-14-16-17-18)15-11-2-4-12(5-3-11)19-7-1-9-23(19,21)22/h2-5,10H,1,6-9H2,(H,15,20). The molecule has 0 unspecified atom stereocenters. The summed E-state index contributed by atoms with van der Waals surface area (Å²) in [4.78, 5) is 11.9. The highest BCUT2D eigenvalue weighted by Gasteiger charge is 2.28. The van der Waals surface area contributed by atoms with Gasteiger partial charge in [-0.1, -0.05) is 0 Å². The number of aromatic nitrogens is 4. The van der Waals surface area contributed by atoms with Gasteiger partial charge in [-0.2, -0.15) is 0 Å². The first-order valence-corrected chi connectivity index (χ1v) is 8.77. The van der Waals surface area contributed by atoms with Crippen LogP contribution in [0.3, 0.4) is 0 Å². The number of carbonyl (C=O) groups excluding carboxylic acids is 1. The molecule has 1 aromatic heterocycles. The van der Waals surface area contributed by atoms with Crippen LogP contribution in [0.15, 0.2) is 30.6 Å². The molecule has 2 heterocycles. The lowest BCUT2D eigenvalue weighted by Crippen LogP contribution is -2.25. The number of carbonyl (C=O) groups is 1. The van der Waals surface area contributed by atoms with Gasteiger partial charge in [0.1, 0.15) is 6.33 Å². The summed E-state index contributed by atoms with van der Waals surface area (Å²) in [5.74, 6) is 0.0184. The van der Waals surface area contributed by atoms with E-state index in [1.54, 1.807) is 24.3 Å². The molecule has 0 bridgehead atoms. The van der Waals surface area contributed by atoms with Crippen molar-refractivity contribution in [3.05, 3.63) is 30.6 Å². The van der Waals surface area contributed by atoms with E-state index in [1.807, 2.05) is 0 Å². The summed E-state index contributed by atoms with van der Waals surface area (Å²) in [6.45, 7) is 0.892. The van der Waals surface area contributed by atoms with Crippen LogP contribution in [0.4, 0.5) is 11.4 Å². The van der Waals surface area contributed by atoms with E-state index in [1.165, 1.54) is 15.3 Å². The summed E-state index contributed by atoms with van der Waals surface area (Å²) < 4.78 is 26.6. The molecule has 1 aliphatic rings. The van der Waals surface area contributed by atoms with Gasteiger partial charge in [-0.3, -0.25) is 9.10 Å². The van der Waals surface area contributed by atoms with Gasteiger partial charge in [0.2, 0.25) is 15.9 Å². The van der Waals surface area contributed by atoms with Gasteiger partial charge in [-0.15, -0.1) is 5.10 Å². The molecule has 0 atom stereocenters. The van der Waals surface area contributed by atoms with Gasteiger partial charge in [-0.25, -0.2) is 13.1 Å². The van der Waals surface area contributed by atoms with Gasteiger partial charge in [0, 0.05) is 18.7 Å². The second-order valence-corrected chi connectivity index (χ2v) is 7.17. The lowest BCUT2D eigenvalue weighted by atomic mass is 10.2. The smallest absolute Gasteiger partial charge is 0.235 e. The molecule has 3 rings (SSSR count). The van der Waals surface area contributed by atoms with Gasteiger partial charge < -0.3 is 5.32 Å². The zero-order chi connectivity index (χ0) is 16.3. The number of tetrazole rings is 1. The van der Waals surface area contributed by atoms with Gasteiger partial charge in [0.05, 0.1) is 18.0 Å². The van der Waals surface area contributed by atoms with E-state index in [0.29, 0.717) is 30.9 Å². The maximum absolute atomic E-state index is 11.9. The number of nitrogens with one attached hydrogen (secondary N) is 1. The van der Waals surface area contributed by atoms with Crippen LogP contribution in [0.5, 0.6) is 0 Å². The summed E-state index contributed by atoms with van der Waals surface area (Å²) in [7, 11) is -3.19. The molecule has 1 amide bonds. The minimum absolute atomic E-state index is 0.165. The van der Waals surface area contributed by atoms with Gasteiger partial charge in [0.25, 0.3) is 0 Å². The molecule has 2 aromatic rings. The van der Waals surface area contributed by atoms with Crippen molar-refractivity contribution in [1.82, 2.24) is 20.2 Å². The molecule has 0 radical (unpaired) electrons. The van der Waals surface area contributed by atoms with E-state index < -0.39 is 10.0 Å². The molecule has 1 N–H and O–H groups in total. The average molecular weight is 336 g/mol. The monoisotopic (exact) mass is 336 g/mol. The molecule has 1 aliphatic heterocycles. The normalized spacial score (nSPS) is 16.4. The Labute approximate surface area is 133 Å². The van der Waals surface area contributed by atoms with Crippen molar-refractivity contribution in [3.8, 4) is 0 Å². The molecule has 122 valence electrons. The fourth-order valence-corrected chi connectivity index (χ4v) is 3.93. The molecule has 23 heavy (non-hydrogen) atoms. The third kappa shape index (κ3) is 3.65. The quantitative estimate of drug-likeness (QED) is 0.837. The maximum Gasteiger partial charge on any atom is 0.235 e. The summed E-state index contributed by atoms with van der Waals surface area (Å²) in [5.41, 5.74) is 1.24. The zero-order valence-electron chi connectivity index (χ0n) is 12.3. The molecule has 1 saturated heterocycles. The number of aryl methyl sites for hydroxylation is 1. The van der Waals surface area contributed by atoms with E-state index >= 15 is 0 Å². The molecule has 1 aromatic carbocycles. The Kier molecular flexibility index (Phi) is 4.24. The van der Waals surface area contributed by atoms with Crippen LogP contribution in [0.2, 0.25) is 0 Å². The topological polar surface area (TPSA) is 110 Å². The molecule has 1 fully saturated rings. The lowest BCUT2D eigenvalue weighted by molar-refractivity contribution is -0.116. The highest BCUT2D eigenvalue weighted by atomic mass is 32.2. The second-order valence-electron chi connectivity index (χ2n) is 5.16. The van der Waals surface area contributed by atoms with Crippen LogP contribution in [0.1, 0.15) is 12.8 Å². The van der Waals surface area contributed by atoms with Crippen molar-refractivity contribution in [2.45, 2.75) is 19.4 Å². The Morgan fingerprint density at radius 1 is 1.26 bits per heavy atom. The van der Waals surface area contributed by atoms with Crippen LogP contribution in [-0.4, -0.2) is 46.8 Å². The number of anilines is 2. The van der Waals surface area contributed by atoms with Crippen molar-refractivity contribution >= 4 is 27.3 Å². The summed E-state index contributed by atoms with van der Waals surface area (Å²) >= 11 is 0. The van der Waals surface area contributed by atoms with E-state index in [-0.39, 0.29) is 18.1 Å². The Bertz CT molecular complexity index is 773. The number of hydrogen-bond donors (Lipinski definition) is 1.